The summed E-state index contributed by atoms with van der Waals surface area (Å²) in [7, 11) is 0. The Labute approximate surface area is 138 Å². The van der Waals surface area contributed by atoms with Gasteiger partial charge in [-0.25, -0.2) is 0 Å². The van der Waals surface area contributed by atoms with E-state index in [-0.39, 0.29) is 0 Å². The fourth-order valence-corrected chi connectivity index (χ4v) is 2.34. The van der Waals surface area contributed by atoms with Gasteiger partial charge in [-0.2, -0.15) is 0 Å². The Balaban J connectivity index is 1.50. The lowest BCUT2D eigenvalue weighted by atomic mass is 10.1. The Kier molecular flexibility index (Phi) is 7.68. The third-order valence-corrected chi connectivity index (χ3v) is 3.65. The van der Waals surface area contributed by atoms with E-state index in [1.165, 1.54) is 12.0 Å². The molecule has 2 aromatic carbocycles. The van der Waals surface area contributed by atoms with Gasteiger partial charge in [0.25, 0.3) is 0 Å². The quantitative estimate of drug-likeness (QED) is 0.341. The van der Waals surface area contributed by atoms with Crippen LogP contribution in [0.5, 0.6) is 5.75 Å². The van der Waals surface area contributed by atoms with E-state index in [4.69, 9.17) is 4.74 Å². The van der Waals surface area contributed by atoms with Gasteiger partial charge in [-0.3, -0.25) is 4.79 Å². The van der Waals surface area contributed by atoms with Crippen molar-refractivity contribution in [3.05, 3.63) is 77.9 Å². The summed E-state index contributed by atoms with van der Waals surface area (Å²) in [6.07, 6.45) is 10.9. The highest BCUT2D eigenvalue weighted by Gasteiger charge is 1.94. The molecular formula is C21H24O2. The Morgan fingerprint density at radius 1 is 0.826 bits per heavy atom. The molecule has 0 heterocycles. The van der Waals surface area contributed by atoms with E-state index >= 15 is 0 Å². The first-order valence-corrected chi connectivity index (χ1v) is 8.25. The van der Waals surface area contributed by atoms with Crippen molar-refractivity contribution >= 4 is 6.29 Å². The van der Waals surface area contributed by atoms with Crippen molar-refractivity contribution in [3.63, 3.8) is 0 Å². The van der Waals surface area contributed by atoms with Gasteiger partial charge < -0.3 is 4.74 Å². The number of allylic oxidation sites excluding steroid dienone is 2. The molecule has 0 bridgehead atoms. The van der Waals surface area contributed by atoms with Gasteiger partial charge in [-0.1, -0.05) is 42.5 Å². The standard InChI is InChI=1S/C21H24O2/c22-18-20-13-15-21(16-14-20)23-17-9-4-2-1-3-6-10-19-11-7-5-8-12-19/h1-2,5,7-8,11-16,18H,3-4,6,9-10,17H2/b2-1-. The maximum absolute atomic E-state index is 10.6. The molecule has 0 radical (unpaired) electrons. The van der Waals surface area contributed by atoms with Crippen molar-refractivity contribution < 1.29 is 9.53 Å². The maximum atomic E-state index is 10.6. The van der Waals surface area contributed by atoms with Crippen molar-refractivity contribution in [2.24, 2.45) is 0 Å². The number of carbonyl (C=O) groups is 1. The number of unbranched alkanes of at least 4 members (excludes halogenated alkanes) is 2. The summed E-state index contributed by atoms with van der Waals surface area (Å²) in [5, 5.41) is 0. The Hall–Kier alpha value is -2.35. The minimum atomic E-state index is 0.677. The fraction of sp³-hybridized carbons (Fsp3) is 0.286. The smallest absolute Gasteiger partial charge is 0.150 e. The molecule has 0 unspecified atom stereocenters. The van der Waals surface area contributed by atoms with Gasteiger partial charge in [0.05, 0.1) is 6.61 Å². The van der Waals surface area contributed by atoms with Crippen molar-refractivity contribution in [1.82, 2.24) is 0 Å². The number of rotatable bonds is 10. The zero-order chi connectivity index (χ0) is 16.2. The zero-order valence-corrected chi connectivity index (χ0v) is 13.5. The molecular weight excluding hydrogens is 284 g/mol. The number of aryl methyl sites for hydroxylation is 1. The average Bonchev–Trinajstić information content (AvgIpc) is 2.61. The number of aldehydes is 1. The number of hydrogen-bond acceptors (Lipinski definition) is 2. The van der Waals surface area contributed by atoms with Crippen LogP contribution >= 0.6 is 0 Å². The van der Waals surface area contributed by atoms with Gasteiger partial charge in [-0.15, -0.1) is 0 Å². The second-order valence-corrected chi connectivity index (χ2v) is 5.53. The molecule has 23 heavy (non-hydrogen) atoms. The molecule has 0 aromatic heterocycles. The topological polar surface area (TPSA) is 26.3 Å². The summed E-state index contributed by atoms with van der Waals surface area (Å²) in [5.74, 6) is 0.822. The number of benzene rings is 2. The van der Waals surface area contributed by atoms with Crippen LogP contribution in [0.15, 0.2) is 66.7 Å². The molecule has 0 saturated heterocycles. The van der Waals surface area contributed by atoms with Crippen LogP contribution in [0.4, 0.5) is 0 Å². The second-order valence-electron chi connectivity index (χ2n) is 5.53. The van der Waals surface area contributed by atoms with Gasteiger partial charge >= 0.3 is 0 Å². The molecule has 120 valence electrons. The first-order valence-electron chi connectivity index (χ1n) is 8.25. The predicted octanol–water partition coefficient (Wildman–Crippen LogP) is 5.24. The summed E-state index contributed by atoms with van der Waals surface area (Å²) in [4.78, 5) is 10.6. The SMILES string of the molecule is O=Cc1ccc(OCCC/C=C\CCCc2ccccc2)cc1. The summed E-state index contributed by atoms with van der Waals surface area (Å²) < 4.78 is 5.64. The number of hydrogen-bond donors (Lipinski definition) is 0. The molecule has 0 fully saturated rings. The lowest BCUT2D eigenvalue weighted by Gasteiger charge is -2.04. The second kappa shape index (κ2) is 10.4. The molecule has 0 spiro atoms. The Bertz CT molecular complexity index is 585. The van der Waals surface area contributed by atoms with Crippen molar-refractivity contribution in [1.29, 1.82) is 0 Å². The first kappa shape index (κ1) is 17.0. The molecule has 2 nitrogen and oxygen atoms in total. The molecule has 0 aliphatic carbocycles. The normalized spacial score (nSPS) is 10.8. The monoisotopic (exact) mass is 308 g/mol. The summed E-state index contributed by atoms with van der Waals surface area (Å²) >= 11 is 0. The van der Waals surface area contributed by atoms with Gasteiger partial charge in [0, 0.05) is 5.56 Å². The van der Waals surface area contributed by atoms with E-state index in [1.807, 2.05) is 12.1 Å². The minimum Gasteiger partial charge on any atom is -0.494 e. The lowest BCUT2D eigenvalue weighted by Crippen LogP contribution is -1.96. The Morgan fingerprint density at radius 2 is 1.52 bits per heavy atom. The minimum absolute atomic E-state index is 0.677. The Morgan fingerprint density at radius 3 is 2.22 bits per heavy atom. The first-order chi connectivity index (χ1) is 11.4. The average molecular weight is 308 g/mol. The summed E-state index contributed by atoms with van der Waals surface area (Å²) in [6, 6.07) is 17.8. The molecule has 0 saturated carbocycles. The van der Waals surface area contributed by atoms with Crippen LogP contribution in [0.3, 0.4) is 0 Å². The molecule has 0 amide bonds. The number of ether oxygens (including phenoxy) is 1. The maximum Gasteiger partial charge on any atom is 0.150 e. The lowest BCUT2D eigenvalue weighted by molar-refractivity contribution is 0.112. The van der Waals surface area contributed by atoms with Crippen LogP contribution in [0.25, 0.3) is 0 Å². The molecule has 2 rings (SSSR count). The van der Waals surface area contributed by atoms with Crippen LogP contribution in [0.1, 0.15) is 41.6 Å². The third kappa shape index (κ3) is 6.96. The van der Waals surface area contributed by atoms with Gasteiger partial charge in [-0.05, 0) is 61.9 Å². The molecule has 2 aromatic rings. The van der Waals surface area contributed by atoms with Crippen LogP contribution in [0.2, 0.25) is 0 Å². The number of carbonyl (C=O) groups excluding carboxylic acids is 1. The highest BCUT2D eigenvalue weighted by Crippen LogP contribution is 2.11. The van der Waals surface area contributed by atoms with Crippen LogP contribution in [-0.4, -0.2) is 12.9 Å². The third-order valence-electron chi connectivity index (χ3n) is 3.65. The zero-order valence-electron chi connectivity index (χ0n) is 13.5. The van der Waals surface area contributed by atoms with E-state index in [1.54, 1.807) is 12.1 Å². The van der Waals surface area contributed by atoms with E-state index < -0.39 is 0 Å². The summed E-state index contributed by atoms with van der Waals surface area (Å²) in [6.45, 7) is 0.703. The molecule has 2 heteroatoms. The van der Waals surface area contributed by atoms with Gasteiger partial charge in [0.2, 0.25) is 0 Å². The fourth-order valence-electron chi connectivity index (χ4n) is 2.34. The molecule has 0 N–H and O–H groups in total. The van der Waals surface area contributed by atoms with Crippen LogP contribution in [0, 0.1) is 0 Å². The summed E-state index contributed by atoms with van der Waals surface area (Å²) in [5.41, 5.74) is 2.09. The van der Waals surface area contributed by atoms with Gasteiger partial charge in [0.15, 0.2) is 0 Å². The van der Waals surface area contributed by atoms with E-state index in [2.05, 4.69) is 42.5 Å². The van der Waals surface area contributed by atoms with E-state index in [0.717, 1.165) is 37.7 Å². The van der Waals surface area contributed by atoms with Gasteiger partial charge in [0.1, 0.15) is 12.0 Å². The highest BCUT2D eigenvalue weighted by atomic mass is 16.5. The van der Waals surface area contributed by atoms with Crippen molar-refractivity contribution in [2.75, 3.05) is 6.61 Å². The van der Waals surface area contributed by atoms with Crippen molar-refractivity contribution in [2.45, 2.75) is 32.1 Å². The largest absolute Gasteiger partial charge is 0.494 e. The highest BCUT2D eigenvalue weighted by molar-refractivity contribution is 5.74. The predicted molar refractivity (Wildman–Crippen MR) is 95.1 cm³/mol. The van der Waals surface area contributed by atoms with E-state index in [0.29, 0.717) is 12.2 Å². The van der Waals surface area contributed by atoms with E-state index in [9.17, 15) is 4.79 Å². The molecule has 0 aliphatic rings. The van der Waals surface area contributed by atoms with Crippen LogP contribution < -0.4 is 4.74 Å². The molecule has 0 aliphatic heterocycles. The molecule has 0 atom stereocenters. The van der Waals surface area contributed by atoms with Crippen molar-refractivity contribution in [3.8, 4) is 5.75 Å². The van der Waals surface area contributed by atoms with Crippen LogP contribution in [-0.2, 0) is 6.42 Å².